The minimum Gasteiger partial charge on any atom is -0.393 e. The van der Waals surface area contributed by atoms with Gasteiger partial charge in [0.1, 0.15) is 0 Å². The number of rotatable bonds is 2. The second-order valence-electron chi connectivity index (χ2n) is 12.4. The zero-order valence-electron chi connectivity index (χ0n) is 21.0. The summed E-state index contributed by atoms with van der Waals surface area (Å²) in [6.45, 7) is 6.71. The molecule has 4 heteroatoms. The van der Waals surface area contributed by atoms with Gasteiger partial charge in [-0.2, -0.15) is 5.10 Å². The van der Waals surface area contributed by atoms with E-state index in [1.165, 1.54) is 43.4 Å². The molecular formula is C30H40N2O2. The third-order valence-electron chi connectivity index (χ3n) is 10.9. The van der Waals surface area contributed by atoms with Gasteiger partial charge in [0.25, 0.3) is 0 Å². The lowest BCUT2D eigenvalue weighted by Gasteiger charge is -2.58. The molecular weight excluding hydrogens is 420 g/mol. The van der Waals surface area contributed by atoms with Crippen LogP contribution in [0.2, 0.25) is 0 Å². The van der Waals surface area contributed by atoms with Crippen LogP contribution in [-0.2, 0) is 4.79 Å². The number of aliphatic hydroxyl groups excluding tert-OH is 1. The molecule has 0 bridgehead atoms. The largest absolute Gasteiger partial charge is 0.393 e. The Morgan fingerprint density at radius 1 is 1.03 bits per heavy atom. The molecule has 1 aromatic rings. The van der Waals surface area contributed by atoms with Gasteiger partial charge in [0.15, 0.2) is 0 Å². The molecule has 4 nitrogen and oxygen atoms in total. The minimum atomic E-state index is -0.136. The maximum absolute atomic E-state index is 12.5. The van der Waals surface area contributed by atoms with Crippen molar-refractivity contribution in [3.63, 3.8) is 0 Å². The first-order valence-corrected chi connectivity index (χ1v) is 13.6. The van der Waals surface area contributed by atoms with Gasteiger partial charge < -0.3 is 5.11 Å². The molecule has 4 aliphatic carbocycles. The molecule has 1 aliphatic heterocycles. The van der Waals surface area contributed by atoms with Gasteiger partial charge in [-0.15, -0.1) is 0 Å². The molecule has 1 heterocycles. The predicted molar refractivity (Wildman–Crippen MR) is 135 cm³/mol. The number of hydrogen-bond donors (Lipinski definition) is 1. The SMILES string of the molecule is CC(=O)N1N=C(C2CC[C@H]3[C@@H]4CC=C5CC(O)CC[C@]5(C)[C@H]4CC[C@]23C)CC1c1ccccc1. The van der Waals surface area contributed by atoms with Gasteiger partial charge in [-0.1, -0.05) is 55.8 Å². The Bertz CT molecular complexity index is 1030. The molecule has 1 N–H and O–H groups in total. The topological polar surface area (TPSA) is 52.9 Å². The van der Waals surface area contributed by atoms with Gasteiger partial charge in [-0.25, -0.2) is 5.01 Å². The first kappa shape index (κ1) is 22.5. The van der Waals surface area contributed by atoms with Crippen molar-refractivity contribution >= 4 is 11.6 Å². The molecule has 0 spiro atoms. The Hall–Kier alpha value is -1.94. The summed E-state index contributed by atoms with van der Waals surface area (Å²) in [5.41, 5.74) is 4.58. The summed E-state index contributed by atoms with van der Waals surface area (Å²) < 4.78 is 0. The van der Waals surface area contributed by atoms with Crippen molar-refractivity contribution in [3.8, 4) is 0 Å². The Labute approximate surface area is 204 Å². The number of fused-ring (bicyclic) bond motifs is 5. The number of carbonyl (C=O) groups is 1. The van der Waals surface area contributed by atoms with E-state index in [0.717, 1.165) is 43.4 Å². The van der Waals surface area contributed by atoms with Crippen molar-refractivity contribution in [2.45, 2.75) is 90.7 Å². The zero-order chi connectivity index (χ0) is 23.7. The molecule has 0 saturated heterocycles. The van der Waals surface area contributed by atoms with Crippen molar-refractivity contribution in [1.82, 2.24) is 5.01 Å². The fourth-order valence-electron chi connectivity index (χ4n) is 9.16. The lowest BCUT2D eigenvalue weighted by Crippen LogP contribution is -2.51. The van der Waals surface area contributed by atoms with Crippen LogP contribution in [0.5, 0.6) is 0 Å². The third-order valence-corrected chi connectivity index (χ3v) is 10.9. The number of carbonyl (C=O) groups excluding carboxylic acids is 1. The molecule has 3 unspecified atom stereocenters. The molecule has 3 fully saturated rings. The highest BCUT2D eigenvalue weighted by molar-refractivity contribution is 5.92. The fourth-order valence-corrected chi connectivity index (χ4v) is 9.16. The number of aliphatic hydroxyl groups is 1. The highest BCUT2D eigenvalue weighted by Crippen LogP contribution is 2.66. The summed E-state index contributed by atoms with van der Waals surface area (Å²) in [4.78, 5) is 12.5. The molecule has 182 valence electrons. The Morgan fingerprint density at radius 2 is 1.82 bits per heavy atom. The monoisotopic (exact) mass is 460 g/mol. The van der Waals surface area contributed by atoms with E-state index in [-0.39, 0.29) is 28.9 Å². The van der Waals surface area contributed by atoms with Crippen molar-refractivity contribution in [3.05, 3.63) is 47.5 Å². The number of amides is 1. The zero-order valence-corrected chi connectivity index (χ0v) is 21.0. The molecule has 8 atom stereocenters. The molecule has 0 aromatic heterocycles. The molecule has 34 heavy (non-hydrogen) atoms. The maximum atomic E-state index is 12.5. The van der Waals surface area contributed by atoms with E-state index < -0.39 is 0 Å². The van der Waals surface area contributed by atoms with E-state index >= 15 is 0 Å². The van der Waals surface area contributed by atoms with Crippen molar-refractivity contribution in [2.24, 2.45) is 39.6 Å². The molecule has 5 aliphatic rings. The predicted octanol–water partition coefficient (Wildman–Crippen LogP) is 6.28. The van der Waals surface area contributed by atoms with E-state index in [2.05, 4.69) is 44.2 Å². The van der Waals surface area contributed by atoms with E-state index in [9.17, 15) is 9.90 Å². The van der Waals surface area contributed by atoms with Crippen LogP contribution in [0.1, 0.15) is 90.2 Å². The van der Waals surface area contributed by atoms with Crippen molar-refractivity contribution < 1.29 is 9.90 Å². The second kappa shape index (κ2) is 8.05. The summed E-state index contributed by atoms with van der Waals surface area (Å²) in [5.74, 6) is 2.78. The van der Waals surface area contributed by atoms with Crippen LogP contribution in [0.15, 0.2) is 47.1 Å². The molecule has 1 aromatic carbocycles. The molecule has 6 rings (SSSR count). The second-order valence-corrected chi connectivity index (χ2v) is 12.4. The van der Waals surface area contributed by atoms with Crippen LogP contribution in [-0.4, -0.2) is 27.8 Å². The standard InChI is InChI=1S/C30H40N2O2/c1-19(33)32-28(20-7-5-4-6-8-20)18-27(31-32)26-12-11-24-23-10-9-21-17-22(34)13-15-29(21,2)25(23)14-16-30(24,26)3/h4-9,22-26,28,34H,10-18H2,1-3H3/t22?,23-,24-,25-,26?,28?,29-,30-/m0/s1. The van der Waals surface area contributed by atoms with Crippen LogP contribution in [0.25, 0.3) is 0 Å². The van der Waals surface area contributed by atoms with Gasteiger partial charge in [-0.3, -0.25) is 4.79 Å². The first-order chi connectivity index (χ1) is 16.3. The van der Waals surface area contributed by atoms with E-state index in [1.54, 1.807) is 17.5 Å². The number of allylic oxidation sites excluding steroid dienone is 1. The highest BCUT2D eigenvalue weighted by Gasteiger charge is 2.59. The van der Waals surface area contributed by atoms with Gasteiger partial charge in [0.2, 0.25) is 5.91 Å². The van der Waals surface area contributed by atoms with Crippen LogP contribution in [0.3, 0.4) is 0 Å². The van der Waals surface area contributed by atoms with Crippen LogP contribution >= 0.6 is 0 Å². The first-order valence-electron chi connectivity index (χ1n) is 13.6. The van der Waals surface area contributed by atoms with Gasteiger partial charge in [0, 0.05) is 25.0 Å². The average Bonchev–Trinajstić information content (AvgIpc) is 3.41. The Morgan fingerprint density at radius 3 is 2.59 bits per heavy atom. The Kier molecular flexibility index (Phi) is 5.33. The number of hydrogen-bond acceptors (Lipinski definition) is 3. The number of nitrogens with zero attached hydrogens (tertiary/aromatic N) is 2. The fraction of sp³-hybridized carbons (Fsp3) is 0.667. The normalized spacial score (nSPS) is 43.5. The van der Waals surface area contributed by atoms with Crippen LogP contribution in [0.4, 0.5) is 0 Å². The van der Waals surface area contributed by atoms with Crippen molar-refractivity contribution in [2.75, 3.05) is 0 Å². The number of benzene rings is 1. The molecule has 3 saturated carbocycles. The van der Waals surface area contributed by atoms with Crippen LogP contribution in [0, 0.1) is 34.5 Å². The lowest BCUT2D eigenvalue weighted by molar-refractivity contribution is -0.130. The third kappa shape index (κ3) is 3.27. The van der Waals surface area contributed by atoms with E-state index in [4.69, 9.17) is 5.10 Å². The molecule has 1 amide bonds. The van der Waals surface area contributed by atoms with Crippen LogP contribution < -0.4 is 0 Å². The summed E-state index contributed by atoms with van der Waals surface area (Å²) in [6.07, 6.45) is 12.5. The summed E-state index contributed by atoms with van der Waals surface area (Å²) in [7, 11) is 0. The Balaban J connectivity index is 1.27. The van der Waals surface area contributed by atoms with Gasteiger partial charge in [-0.05, 0) is 85.5 Å². The summed E-state index contributed by atoms with van der Waals surface area (Å²) in [6, 6.07) is 10.5. The minimum absolute atomic E-state index is 0.0421. The van der Waals surface area contributed by atoms with E-state index in [1.807, 2.05) is 6.07 Å². The van der Waals surface area contributed by atoms with Gasteiger partial charge >= 0.3 is 0 Å². The van der Waals surface area contributed by atoms with E-state index in [0.29, 0.717) is 5.92 Å². The summed E-state index contributed by atoms with van der Waals surface area (Å²) in [5, 5.41) is 17.1. The smallest absolute Gasteiger partial charge is 0.240 e. The summed E-state index contributed by atoms with van der Waals surface area (Å²) >= 11 is 0. The quantitative estimate of drug-likeness (QED) is 0.528. The van der Waals surface area contributed by atoms with Crippen molar-refractivity contribution in [1.29, 1.82) is 0 Å². The number of hydrazone groups is 1. The highest BCUT2D eigenvalue weighted by atomic mass is 16.3. The van der Waals surface area contributed by atoms with Gasteiger partial charge in [0.05, 0.1) is 12.1 Å². The lowest BCUT2D eigenvalue weighted by atomic mass is 9.47. The molecule has 0 radical (unpaired) electrons. The average molecular weight is 461 g/mol. The maximum Gasteiger partial charge on any atom is 0.240 e.